The maximum atomic E-state index is 11.3. The van der Waals surface area contributed by atoms with E-state index in [9.17, 15) is 4.79 Å². The normalized spacial score (nSPS) is 13.9. The number of benzene rings is 1. The summed E-state index contributed by atoms with van der Waals surface area (Å²) in [6.07, 6.45) is 2.93. The first kappa shape index (κ1) is 12.7. The fraction of sp³-hybridized carbons (Fsp3) is 0.462. The van der Waals surface area contributed by atoms with Gasteiger partial charge < -0.3 is 21.5 Å². The first-order valence-corrected chi connectivity index (χ1v) is 6.27. The lowest BCUT2D eigenvalue weighted by Gasteiger charge is -2.19. The van der Waals surface area contributed by atoms with Crippen LogP contribution in [0.15, 0.2) is 12.1 Å². The van der Waals surface area contributed by atoms with Crippen molar-refractivity contribution in [3.63, 3.8) is 0 Å². The van der Waals surface area contributed by atoms with Crippen molar-refractivity contribution in [3.8, 4) is 0 Å². The Balaban J connectivity index is 2.06. The van der Waals surface area contributed by atoms with Crippen LogP contribution in [-0.4, -0.2) is 24.2 Å². The molecule has 0 fully saturated rings. The van der Waals surface area contributed by atoms with Crippen LogP contribution in [0.3, 0.4) is 0 Å². The quantitative estimate of drug-likeness (QED) is 0.468. The summed E-state index contributed by atoms with van der Waals surface area (Å²) in [7, 11) is 0. The van der Waals surface area contributed by atoms with Crippen LogP contribution in [0.1, 0.15) is 24.8 Å². The van der Waals surface area contributed by atoms with E-state index in [2.05, 4.69) is 10.6 Å². The van der Waals surface area contributed by atoms with Crippen molar-refractivity contribution >= 4 is 23.0 Å². The topological polar surface area (TPSA) is 87.4 Å². The van der Waals surface area contributed by atoms with Gasteiger partial charge in [0.25, 0.3) is 0 Å². The molecule has 1 amide bonds. The standard InChI is InChI=1S/C13H19N3O2/c14-10-7-9-3-4-13(18)16-11(9)8-12(10)15-5-1-2-6-17/h7-8,15,17H,1-6,14H2,(H,16,18). The number of unbranched alkanes of at least 4 members (excludes halogenated alkanes) is 1. The molecule has 5 nitrogen and oxygen atoms in total. The van der Waals surface area contributed by atoms with Gasteiger partial charge in [-0.3, -0.25) is 4.79 Å². The van der Waals surface area contributed by atoms with E-state index in [1.807, 2.05) is 12.1 Å². The molecule has 0 bridgehead atoms. The fourth-order valence-corrected chi connectivity index (χ4v) is 2.06. The van der Waals surface area contributed by atoms with Crippen molar-refractivity contribution in [1.29, 1.82) is 0 Å². The number of aryl methyl sites for hydroxylation is 1. The van der Waals surface area contributed by atoms with E-state index in [0.717, 1.165) is 42.7 Å². The highest BCUT2D eigenvalue weighted by Gasteiger charge is 2.16. The van der Waals surface area contributed by atoms with Crippen LogP contribution in [0.4, 0.5) is 17.1 Å². The van der Waals surface area contributed by atoms with Gasteiger partial charge >= 0.3 is 0 Å². The van der Waals surface area contributed by atoms with Crippen molar-refractivity contribution in [2.24, 2.45) is 0 Å². The Hall–Kier alpha value is -1.75. The van der Waals surface area contributed by atoms with Gasteiger partial charge in [0, 0.05) is 25.3 Å². The maximum absolute atomic E-state index is 11.3. The third-order valence-electron chi connectivity index (χ3n) is 3.07. The second kappa shape index (κ2) is 5.73. The van der Waals surface area contributed by atoms with E-state index in [0.29, 0.717) is 12.1 Å². The van der Waals surface area contributed by atoms with Crippen molar-refractivity contribution in [3.05, 3.63) is 17.7 Å². The minimum absolute atomic E-state index is 0.0542. The predicted octanol–water partition coefficient (Wildman–Crippen LogP) is 1.34. The minimum Gasteiger partial charge on any atom is -0.397 e. The Morgan fingerprint density at radius 1 is 1.33 bits per heavy atom. The third kappa shape index (κ3) is 2.92. The molecular formula is C13H19N3O2. The Labute approximate surface area is 106 Å². The number of aliphatic hydroxyl groups excluding tert-OH is 1. The number of rotatable bonds is 5. The average molecular weight is 249 g/mol. The van der Waals surface area contributed by atoms with E-state index in [1.165, 1.54) is 0 Å². The molecule has 0 spiro atoms. The molecule has 0 saturated heterocycles. The van der Waals surface area contributed by atoms with E-state index < -0.39 is 0 Å². The molecule has 1 heterocycles. The van der Waals surface area contributed by atoms with E-state index in [1.54, 1.807) is 0 Å². The minimum atomic E-state index is 0.0542. The Kier molecular flexibility index (Phi) is 4.04. The van der Waals surface area contributed by atoms with Crippen LogP contribution >= 0.6 is 0 Å². The Bertz CT molecular complexity index is 446. The number of amides is 1. The number of nitrogens with one attached hydrogen (secondary N) is 2. The Morgan fingerprint density at radius 2 is 2.17 bits per heavy atom. The van der Waals surface area contributed by atoms with Gasteiger partial charge in [-0.25, -0.2) is 0 Å². The van der Waals surface area contributed by atoms with Crippen LogP contribution < -0.4 is 16.4 Å². The summed E-state index contributed by atoms with van der Waals surface area (Å²) in [6, 6.07) is 3.81. The molecule has 1 aromatic rings. The molecular weight excluding hydrogens is 230 g/mol. The lowest BCUT2D eigenvalue weighted by Crippen LogP contribution is -2.19. The molecule has 0 unspecified atom stereocenters. The van der Waals surface area contributed by atoms with Gasteiger partial charge in [0.2, 0.25) is 5.91 Å². The zero-order valence-corrected chi connectivity index (χ0v) is 10.3. The zero-order valence-electron chi connectivity index (χ0n) is 10.3. The van der Waals surface area contributed by atoms with Gasteiger partial charge in [-0.2, -0.15) is 0 Å². The summed E-state index contributed by atoms with van der Waals surface area (Å²) in [5.41, 5.74) is 9.46. The van der Waals surface area contributed by atoms with E-state index in [-0.39, 0.29) is 12.5 Å². The highest BCUT2D eigenvalue weighted by atomic mass is 16.2. The average Bonchev–Trinajstić information content (AvgIpc) is 2.35. The molecule has 98 valence electrons. The summed E-state index contributed by atoms with van der Waals surface area (Å²) < 4.78 is 0. The lowest BCUT2D eigenvalue weighted by molar-refractivity contribution is -0.116. The summed E-state index contributed by atoms with van der Waals surface area (Å²) in [6.45, 7) is 0.967. The molecule has 0 aromatic heterocycles. The van der Waals surface area contributed by atoms with Crippen LogP contribution in [0.2, 0.25) is 0 Å². The van der Waals surface area contributed by atoms with Gasteiger partial charge in [0.05, 0.1) is 11.4 Å². The molecule has 0 radical (unpaired) electrons. The van der Waals surface area contributed by atoms with Gasteiger partial charge in [0.15, 0.2) is 0 Å². The van der Waals surface area contributed by atoms with Crippen LogP contribution in [0, 0.1) is 0 Å². The smallest absolute Gasteiger partial charge is 0.224 e. The monoisotopic (exact) mass is 249 g/mol. The number of anilines is 3. The summed E-state index contributed by atoms with van der Waals surface area (Å²) in [5, 5.41) is 14.8. The van der Waals surface area contributed by atoms with Crippen LogP contribution in [0.25, 0.3) is 0 Å². The van der Waals surface area contributed by atoms with E-state index in [4.69, 9.17) is 10.8 Å². The number of nitrogens with two attached hydrogens (primary N) is 1. The fourth-order valence-electron chi connectivity index (χ4n) is 2.06. The molecule has 1 aliphatic rings. The molecule has 1 aromatic carbocycles. The van der Waals surface area contributed by atoms with Gasteiger partial charge in [-0.15, -0.1) is 0 Å². The molecule has 0 atom stereocenters. The molecule has 0 aliphatic carbocycles. The number of hydrogen-bond acceptors (Lipinski definition) is 4. The number of hydrogen-bond donors (Lipinski definition) is 4. The molecule has 5 heteroatoms. The lowest BCUT2D eigenvalue weighted by atomic mass is 10.0. The first-order chi connectivity index (χ1) is 8.70. The highest BCUT2D eigenvalue weighted by molar-refractivity contribution is 5.95. The highest BCUT2D eigenvalue weighted by Crippen LogP contribution is 2.30. The van der Waals surface area contributed by atoms with Crippen molar-refractivity contribution in [2.45, 2.75) is 25.7 Å². The number of nitrogen functional groups attached to an aromatic ring is 1. The first-order valence-electron chi connectivity index (χ1n) is 6.27. The van der Waals surface area contributed by atoms with Crippen LogP contribution in [0.5, 0.6) is 0 Å². The van der Waals surface area contributed by atoms with Crippen molar-refractivity contribution < 1.29 is 9.90 Å². The molecule has 18 heavy (non-hydrogen) atoms. The zero-order chi connectivity index (χ0) is 13.0. The summed E-state index contributed by atoms with van der Waals surface area (Å²) in [5.74, 6) is 0.0542. The van der Waals surface area contributed by atoms with Gasteiger partial charge in [0.1, 0.15) is 0 Å². The molecule has 0 saturated carbocycles. The second-order valence-corrected chi connectivity index (χ2v) is 4.50. The molecule has 5 N–H and O–H groups in total. The third-order valence-corrected chi connectivity index (χ3v) is 3.07. The van der Waals surface area contributed by atoms with Crippen LogP contribution in [-0.2, 0) is 11.2 Å². The summed E-state index contributed by atoms with van der Waals surface area (Å²) >= 11 is 0. The van der Waals surface area contributed by atoms with Gasteiger partial charge in [-0.1, -0.05) is 0 Å². The maximum Gasteiger partial charge on any atom is 0.224 e. The Morgan fingerprint density at radius 3 is 2.94 bits per heavy atom. The van der Waals surface area contributed by atoms with E-state index >= 15 is 0 Å². The molecule has 1 aliphatic heterocycles. The number of carbonyl (C=O) groups excluding carboxylic acids is 1. The molecule has 2 rings (SSSR count). The largest absolute Gasteiger partial charge is 0.397 e. The van der Waals surface area contributed by atoms with Gasteiger partial charge in [-0.05, 0) is 37.0 Å². The SMILES string of the molecule is Nc1cc2c(cc1NCCCCO)NC(=O)CC2. The number of fused-ring (bicyclic) bond motifs is 1. The predicted molar refractivity (Wildman–Crippen MR) is 72.6 cm³/mol. The summed E-state index contributed by atoms with van der Waals surface area (Å²) in [4.78, 5) is 11.3. The second-order valence-electron chi connectivity index (χ2n) is 4.50. The van der Waals surface area contributed by atoms with Crippen molar-refractivity contribution in [2.75, 3.05) is 29.5 Å². The number of aliphatic hydroxyl groups is 1. The van der Waals surface area contributed by atoms with Crippen molar-refractivity contribution in [1.82, 2.24) is 0 Å². The number of carbonyl (C=O) groups is 1.